The summed E-state index contributed by atoms with van der Waals surface area (Å²) in [4.78, 5) is 11.0. The van der Waals surface area contributed by atoms with Crippen LogP contribution in [0.3, 0.4) is 0 Å². The smallest absolute Gasteiger partial charge is 0.397 e. The summed E-state index contributed by atoms with van der Waals surface area (Å²) in [5, 5.41) is 10.6. The minimum absolute atomic E-state index is 0.0489. The van der Waals surface area contributed by atoms with E-state index in [1.54, 1.807) is 13.8 Å². The van der Waals surface area contributed by atoms with Crippen molar-refractivity contribution in [2.75, 3.05) is 17.2 Å². The minimum atomic E-state index is -4.38. The highest BCUT2D eigenvalue weighted by atomic mass is 19.4. The van der Waals surface area contributed by atoms with E-state index in [0.29, 0.717) is 0 Å². The van der Waals surface area contributed by atoms with Crippen LogP contribution in [-0.4, -0.2) is 23.7 Å². The van der Waals surface area contributed by atoms with Gasteiger partial charge in [-0.15, -0.1) is 0 Å². The van der Waals surface area contributed by atoms with Gasteiger partial charge in [0.2, 0.25) is 0 Å². The molecule has 0 unspecified atom stereocenters. The van der Waals surface area contributed by atoms with Crippen molar-refractivity contribution in [3.63, 3.8) is 0 Å². The number of rotatable bonds is 4. The molecule has 0 heterocycles. The summed E-state index contributed by atoms with van der Waals surface area (Å²) >= 11 is 0. The van der Waals surface area contributed by atoms with E-state index in [4.69, 9.17) is 5.73 Å². The van der Waals surface area contributed by atoms with Gasteiger partial charge in [-0.1, -0.05) is 0 Å². The third kappa shape index (κ3) is 4.01. The molecule has 106 valence electrons. The molecular formula is C11H14F3N3O2. The second kappa shape index (κ2) is 5.33. The van der Waals surface area contributed by atoms with E-state index in [2.05, 4.69) is 0 Å². The molecule has 1 aromatic rings. The maximum Gasteiger partial charge on any atom is 0.405 e. The van der Waals surface area contributed by atoms with Gasteiger partial charge in [0, 0.05) is 18.2 Å². The van der Waals surface area contributed by atoms with Crippen molar-refractivity contribution in [2.45, 2.75) is 26.1 Å². The molecular weight excluding hydrogens is 263 g/mol. The molecule has 0 atom stereocenters. The van der Waals surface area contributed by atoms with E-state index in [1.807, 2.05) is 0 Å². The van der Waals surface area contributed by atoms with Crippen LogP contribution in [0.1, 0.15) is 13.8 Å². The van der Waals surface area contributed by atoms with Gasteiger partial charge in [0.1, 0.15) is 6.54 Å². The first-order valence-electron chi connectivity index (χ1n) is 5.49. The van der Waals surface area contributed by atoms with Crippen molar-refractivity contribution in [3.8, 4) is 0 Å². The first kappa shape index (κ1) is 15.1. The van der Waals surface area contributed by atoms with Gasteiger partial charge in [0.05, 0.1) is 16.3 Å². The first-order valence-corrected chi connectivity index (χ1v) is 5.49. The standard InChI is InChI=1S/C11H14F3N3O2/c1-7(2)16(6-11(12,13)14)10-4-3-8(17(18)19)5-9(10)15/h3-5,7H,6,15H2,1-2H3. The summed E-state index contributed by atoms with van der Waals surface area (Å²) < 4.78 is 37.5. The molecule has 0 amide bonds. The summed E-state index contributed by atoms with van der Waals surface area (Å²) in [6.07, 6.45) is -4.38. The van der Waals surface area contributed by atoms with E-state index < -0.39 is 23.7 Å². The Hall–Kier alpha value is -1.99. The number of hydrogen-bond acceptors (Lipinski definition) is 4. The Bertz CT molecular complexity index is 475. The molecule has 0 spiro atoms. The second-order valence-electron chi connectivity index (χ2n) is 4.34. The summed E-state index contributed by atoms with van der Waals surface area (Å²) in [5.41, 5.74) is 5.44. The van der Waals surface area contributed by atoms with Crippen LogP contribution in [0.15, 0.2) is 18.2 Å². The number of nitro benzene ring substituents is 1. The fourth-order valence-electron chi connectivity index (χ4n) is 1.66. The Morgan fingerprint density at radius 1 is 1.42 bits per heavy atom. The highest BCUT2D eigenvalue weighted by molar-refractivity contribution is 5.71. The van der Waals surface area contributed by atoms with Gasteiger partial charge in [-0.25, -0.2) is 0 Å². The predicted molar refractivity (Wildman–Crippen MR) is 66.0 cm³/mol. The van der Waals surface area contributed by atoms with E-state index in [0.717, 1.165) is 17.0 Å². The molecule has 0 bridgehead atoms. The van der Waals surface area contributed by atoms with Crippen molar-refractivity contribution in [1.29, 1.82) is 0 Å². The predicted octanol–water partition coefficient (Wildman–Crippen LogP) is 2.95. The number of nitrogen functional groups attached to an aromatic ring is 1. The van der Waals surface area contributed by atoms with E-state index in [9.17, 15) is 23.3 Å². The molecule has 8 heteroatoms. The number of hydrogen-bond donors (Lipinski definition) is 1. The summed E-state index contributed by atoms with van der Waals surface area (Å²) in [7, 11) is 0. The maximum atomic E-state index is 12.5. The lowest BCUT2D eigenvalue weighted by Gasteiger charge is -2.30. The highest BCUT2D eigenvalue weighted by Crippen LogP contribution is 2.31. The van der Waals surface area contributed by atoms with Crippen molar-refractivity contribution in [2.24, 2.45) is 0 Å². The van der Waals surface area contributed by atoms with Gasteiger partial charge in [0.15, 0.2) is 0 Å². The lowest BCUT2D eigenvalue weighted by atomic mass is 10.2. The van der Waals surface area contributed by atoms with Crippen LogP contribution < -0.4 is 10.6 Å². The van der Waals surface area contributed by atoms with Gasteiger partial charge in [-0.05, 0) is 19.9 Å². The molecule has 1 aromatic carbocycles. The molecule has 0 fully saturated rings. The molecule has 0 aliphatic rings. The molecule has 5 nitrogen and oxygen atoms in total. The Morgan fingerprint density at radius 3 is 2.37 bits per heavy atom. The third-order valence-electron chi connectivity index (χ3n) is 2.50. The van der Waals surface area contributed by atoms with E-state index in [-0.39, 0.29) is 17.1 Å². The fraction of sp³-hybridized carbons (Fsp3) is 0.455. The topological polar surface area (TPSA) is 72.4 Å². The van der Waals surface area contributed by atoms with Crippen molar-refractivity contribution in [1.82, 2.24) is 0 Å². The SMILES string of the molecule is CC(C)N(CC(F)(F)F)c1ccc([N+](=O)[O-])cc1N. The van der Waals surface area contributed by atoms with Crippen molar-refractivity contribution in [3.05, 3.63) is 28.3 Å². The zero-order chi connectivity index (χ0) is 14.8. The van der Waals surface area contributed by atoms with Crippen LogP contribution in [-0.2, 0) is 0 Å². The summed E-state index contributed by atoms with van der Waals surface area (Å²) in [6, 6.07) is 2.99. The molecule has 2 N–H and O–H groups in total. The lowest BCUT2D eigenvalue weighted by molar-refractivity contribution is -0.384. The zero-order valence-electron chi connectivity index (χ0n) is 10.4. The number of anilines is 2. The van der Waals surface area contributed by atoms with Crippen LogP contribution in [0.2, 0.25) is 0 Å². The van der Waals surface area contributed by atoms with Gasteiger partial charge in [-0.2, -0.15) is 13.2 Å². The average molecular weight is 277 g/mol. The second-order valence-corrected chi connectivity index (χ2v) is 4.34. The number of halogens is 3. The van der Waals surface area contributed by atoms with Crippen LogP contribution in [0.4, 0.5) is 30.2 Å². The van der Waals surface area contributed by atoms with Gasteiger partial charge in [-0.3, -0.25) is 10.1 Å². The Kier molecular flexibility index (Phi) is 4.23. The minimum Gasteiger partial charge on any atom is -0.397 e. The molecule has 19 heavy (non-hydrogen) atoms. The number of nitrogens with two attached hydrogens (primary N) is 1. The van der Waals surface area contributed by atoms with Gasteiger partial charge >= 0.3 is 6.18 Å². The Balaban J connectivity index is 3.14. The molecule has 1 rings (SSSR count). The Morgan fingerprint density at radius 2 is 2.00 bits per heavy atom. The monoisotopic (exact) mass is 277 g/mol. The number of non-ortho nitro benzene ring substituents is 1. The van der Waals surface area contributed by atoms with E-state index in [1.165, 1.54) is 6.07 Å². The first-order chi connectivity index (χ1) is 8.61. The van der Waals surface area contributed by atoms with Gasteiger partial charge < -0.3 is 10.6 Å². The maximum absolute atomic E-state index is 12.5. The third-order valence-corrected chi connectivity index (χ3v) is 2.50. The number of benzene rings is 1. The van der Waals surface area contributed by atoms with Crippen LogP contribution in [0, 0.1) is 10.1 Å². The quantitative estimate of drug-likeness (QED) is 0.521. The lowest BCUT2D eigenvalue weighted by Crippen LogP contribution is -2.39. The molecule has 0 aromatic heterocycles. The largest absolute Gasteiger partial charge is 0.405 e. The molecule has 0 saturated carbocycles. The van der Waals surface area contributed by atoms with Crippen molar-refractivity contribution >= 4 is 17.1 Å². The number of nitrogens with zero attached hydrogens (tertiary/aromatic N) is 2. The molecule has 0 aliphatic heterocycles. The number of alkyl halides is 3. The van der Waals surface area contributed by atoms with E-state index >= 15 is 0 Å². The molecule has 0 aliphatic carbocycles. The van der Waals surface area contributed by atoms with Gasteiger partial charge in [0.25, 0.3) is 5.69 Å². The van der Waals surface area contributed by atoms with Crippen LogP contribution >= 0.6 is 0 Å². The average Bonchev–Trinajstić information content (AvgIpc) is 2.24. The fourth-order valence-corrected chi connectivity index (χ4v) is 1.66. The zero-order valence-corrected chi connectivity index (χ0v) is 10.4. The molecule has 0 radical (unpaired) electrons. The van der Waals surface area contributed by atoms with Crippen LogP contribution in [0.5, 0.6) is 0 Å². The molecule has 0 saturated heterocycles. The highest BCUT2D eigenvalue weighted by Gasteiger charge is 2.32. The summed E-state index contributed by atoms with van der Waals surface area (Å²) in [5.74, 6) is 0. The summed E-state index contributed by atoms with van der Waals surface area (Å²) in [6.45, 7) is 2.02. The Labute approximate surface area is 108 Å². The van der Waals surface area contributed by atoms with Crippen molar-refractivity contribution < 1.29 is 18.1 Å². The van der Waals surface area contributed by atoms with Crippen LogP contribution in [0.25, 0.3) is 0 Å². The number of nitro groups is 1. The normalized spacial score (nSPS) is 11.7.